The van der Waals surface area contributed by atoms with E-state index in [-0.39, 0.29) is 0 Å². The summed E-state index contributed by atoms with van der Waals surface area (Å²) in [6.07, 6.45) is 3.36. The normalized spacial score (nSPS) is 11.6. The van der Waals surface area contributed by atoms with Crippen molar-refractivity contribution in [2.75, 3.05) is 20.1 Å². The molecule has 7 nitrogen and oxygen atoms in total. The summed E-state index contributed by atoms with van der Waals surface area (Å²) < 4.78 is 5.32. The Kier molecular flexibility index (Phi) is 6.84. The first-order valence-corrected chi connectivity index (χ1v) is 9.72. The number of nitrogens with one attached hydrogen (secondary N) is 2. The first-order chi connectivity index (χ1) is 13.7. The number of benzene rings is 1. The van der Waals surface area contributed by atoms with Crippen LogP contribution in [0.1, 0.15) is 30.8 Å². The average Bonchev–Trinajstić information content (AvgIpc) is 3.39. The molecule has 2 N–H and O–H groups in total. The van der Waals surface area contributed by atoms with E-state index in [0.29, 0.717) is 24.6 Å². The van der Waals surface area contributed by atoms with Crippen molar-refractivity contribution in [2.24, 2.45) is 4.99 Å². The summed E-state index contributed by atoms with van der Waals surface area (Å²) in [5.74, 6) is 2.91. The number of aryl methyl sites for hydroxylation is 1. The second kappa shape index (κ2) is 9.73. The molecule has 0 fully saturated rings. The first-order valence-electron chi connectivity index (χ1n) is 9.72. The van der Waals surface area contributed by atoms with Crippen LogP contribution in [0, 0.1) is 0 Å². The zero-order chi connectivity index (χ0) is 19.8. The third-order valence-electron chi connectivity index (χ3n) is 4.43. The van der Waals surface area contributed by atoms with E-state index in [0.717, 1.165) is 31.3 Å². The molecule has 0 radical (unpaired) electrons. The smallest absolute Gasteiger partial charge is 0.216 e. The lowest BCUT2D eigenvalue weighted by molar-refractivity contribution is 0.477. The molecule has 3 rings (SSSR count). The molecule has 1 aromatic carbocycles. The molecule has 0 amide bonds. The summed E-state index contributed by atoms with van der Waals surface area (Å²) in [7, 11) is 2.05. The maximum Gasteiger partial charge on any atom is 0.216 e. The van der Waals surface area contributed by atoms with E-state index in [9.17, 15) is 0 Å². The van der Waals surface area contributed by atoms with Crippen molar-refractivity contribution in [1.29, 1.82) is 0 Å². The molecule has 28 heavy (non-hydrogen) atoms. The Morgan fingerprint density at radius 1 is 1.18 bits per heavy atom. The number of aromatic amines is 1. The van der Waals surface area contributed by atoms with Crippen LogP contribution in [0.25, 0.3) is 11.6 Å². The van der Waals surface area contributed by atoms with Gasteiger partial charge in [0.1, 0.15) is 5.82 Å². The molecule has 0 aliphatic heterocycles. The van der Waals surface area contributed by atoms with Crippen LogP contribution >= 0.6 is 0 Å². The van der Waals surface area contributed by atoms with E-state index in [2.05, 4.69) is 70.6 Å². The topological polar surface area (TPSA) is 82.3 Å². The number of furan rings is 1. The van der Waals surface area contributed by atoms with Crippen molar-refractivity contribution in [3.05, 3.63) is 59.6 Å². The molecule has 0 unspecified atom stereocenters. The molecule has 0 saturated heterocycles. The van der Waals surface area contributed by atoms with Gasteiger partial charge in [-0.2, -0.15) is 5.10 Å². The van der Waals surface area contributed by atoms with E-state index in [1.54, 1.807) is 6.26 Å². The van der Waals surface area contributed by atoms with Crippen molar-refractivity contribution < 1.29 is 4.42 Å². The van der Waals surface area contributed by atoms with Crippen LogP contribution in [0.4, 0.5) is 0 Å². The fraction of sp³-hybridized carbons (Fsp3) is 0.381. The fourth-order valence-corrected chi connectivity index (χ4v) is 2.89. The molecular weight excluding hydrogens is 352 g/mol. The van der Waals surface area contributed by atoms with E-state index < -0.39 is 0 Å². The lowest BCUT2D eigenvalue weighted by Gasteiger charge is -2.22. The zero-order valence-corrected chi connectivity index (χ0v) is 16.8. The highest BCUT2D eigenvalue weighted by molar-refractivity contribution is 5.79. The standard InChI is InChI=1S/C21H28N6O/c1-4-16-8-10-17(11-9-16)15-27(3)21(22-5-2)23-13-12-19-24-20(26-25-19)18-7-6-14-28-18/h6-11,14H,4-5,12-13,15H2,1-3H3,(H,22,23)(H,24,25,26). The third kappa shape index (κ3) is 5.22. The van der Waals surface area contributed by atoms with Crippen LogP contribution < -0.4 is 5.32 Å². The van der Waals surface area contributed by atoms with Gasteiger partial charge in [0.25, 0.3) is 0 Å². The average molecular weight is 380 g/mol. The lowest BCUT2D eigenvalue weighted by Crippen LogP contribution is -2.38. The van der Waals surface area contributed by atoms with E-state index in [1.807, 2.05) is 12.1 Å². The predicted molar refractivity (Wildman–Crippen MR) is 111 cm³/mol. The quantitative estimate of drug-likeness (QED) is 0.463. The van der Waals surface area contributed by atoms with Gasteiger partial charge in [0.2, 0.25) is 5.82 Å². The summed E-state index contributed by atoms with van der Waals surface area (Å²) in [5, 5.41) is 10.5. The minimum atomic E-state index is 0.573. The minimum Gasteiger partial charge on any atom is -0.461 e. The van der Waals surface area contributed by atoms with Gasteiger partial charge in [-0.3, -0.25) is 10.1 Å². The predicted octanol–water partition coefficient (Wildman–Crippen LogP) is 3.27. The monoisotopic (exact) mass is 380 g/mol. The molecule has 2 heterocycles. The molecule has 0 aliphatic rings. The lowest BCUT2D eigenvalue weighted by atomic mass is 10.1. The maximum absolute atomic E-state index is 5.32. The van der Waals surface area contributed by atoms with Crippen LogP contribution in [0.15, 0.2) is 52.1 Å². The second-order valence-electron chi connectivity index (χ2n) is 6.59. The molecule has 0 aliphatic carbocycles. The Morgan fingerprint density at radius 2 is 1.96 bits per heavy atom. The molecule has 0 bridgehead atoms. The van der Waals surface area contributed by atoms with E-state index in [4.69, 9.17) is 9.41 Å². The number of aliphatic imine (C=N–C) groups is 1. The summed E-state index contributed by atoms with van der Waals surface area (Å²) >= 11 is 0. The summed E-state index contributed by atoms with van der Waals surface area (Å²) in [4.78, 5) is 11.3. The van der Waals surface area contributed by atoms with Crippen LogP contribution in [0.2, 0.25) is 0 Å². The fourth-order valence-electron chi connectivity index (χ4n) is 2.89. The minimum absolute atomic E-state index is 0.573. The Morgan fingerprint density at radius 3 is 2.64 bits per heavy atom. The van der Waals surface area contributed by atoms with Crippen molar-refractivity contribution in [2.45, 2.75) is 33.2 Å². The van der Waals surface area contributed by atoms with Crippen LogP contribution in [0.3, 0.4) is 0 Å². The van der Waals surface area contributed by atoms with Gasteiger partial charge in [-0.05, 0) is 36.6 Å². The highest BCUT2D eigenvalue weighted by atomic mass is 16.3. The third-order valence-corrected chi connectivity index (χ3v) is 4.43. The van der Waals surface area contributed by atoms with Gasteiger partial charge >= 0.3 is 0 Å². The van der Waals surface area contributed by atoms with Gasteiger partial charge in [0.15, 0.2) is 11.7 Å². The molecule has 148 valence electrons. The zero-order valence-electron chi connectivity index (χ0n) is 16.8. The van der Waals surface area contributed by atoms with Crippen molar-refractivity contribution >= 4 is 5.96 Å². The van der Waals surface area contributed by atoms with Gasteiger partial charge < -0.3 is 14.6 Å². The number of aromatic nitrogens is 3. The summed E-state index contributed by atoms with van der Waals surface area (Å²) in [6, 6.07) is 12.4. The van der Waals surface area contributed by atoms with E-state index in [1.165, 1.54) is 11.1 Å². The Labute approximate surface area is 165 Å². The van der Waals surface area contributed by atoms with Crippen LogP contribution in [0.5, 0.6) is 0 Å². The number of hydrogen-bond donors (Lipinski definition) is 2. The summed E-state index contributed by atoms with van der Waals surface area (Å²) in [5.41, 5.74) is 2.62. The Hall–Kier alpha value is -3.09. The van der Waals surface area contributed by atoms with Gasteiger partial charge in [-0.25, -0.2) is 4.98 Å². The number of guanidine groups is 1. The van der Waals surface area contributed by atoms with Crippen molar-refractivity contribution in [3.8, 4) is 11.6 Å². The Balaban J connectivity index is 1.58. The van der Waals surface area contributed by atoms with Gasteiger partial charge in [0, 0.05) is 33.1 Å². The van der Waals surface area contributed by atoms with Crippen LogP contribution in [-0.4, -0.2) is 46.2 Å². The second-order valence-corrected chi connectivity index (χ2v) is 6.59. The Bertz CT molecular complexity index is 867. The molecule has 7 heteroatoms. The van der Waals surface area contributed by atoms with Gasteiger partial charge in [0.05, 0.1) is 6.26 Å². The molecular formula is C21H28N6O. The SMILES string of the molecule is CCNC(=NCCc1nc(-c2ccco2)n[nH]1)N(C)Cc1ccc(CC)cc1. The summed E-state index contributed by atoms with van der Waals surface area (Å²) in [6.45, 7) is 6.49. The van der Waals surface area contributed by atoms with Crippen LogP contribution in [-0.2, 0) is 19.4 Å². The molecule has 0 spiro atoms. The number of nitrogens with zero attached hydrogens (tertiary/aromatic N) is 4. The maximum atomic E-state index is 5.32. The van der Waals surface area contributed by atoms with E-state index >= 15 is 0 Å². The molecule has 0 atom stereocenters. The first kappa shape index (κ1) is 19.7. The van der Waals surface area contributed by atoms with Crippen molar-refractivity contribution in [1.82, 2.24) is 25.4 Å². The van der Waals surface area contributed by atoms with Gasteiger partial charge in [-0.15, -0.1) is 0 Å². The number of rotatable bonds is 8. The largest absolute Gasteiger partial charge is 0.461 e. The molecule has 2 aromatic heterocycles. The molecule has 3 aromatic rings. The highest BCUT2D eigenvalue weighted by Gasteiger charge is 2.09. The number of hydrogen-bond acceptors (Lipinski definition) is 4. The highest BCUT2D eigenvalue weighted by Crippen LogP contribution is 2.14. The van der Waals surface area contributed by atoms with Gasteiger partial charge in [-0.1, -0.05) is 31.2 Å². The number of H-pyrrole nitrogens is 1. The van der Waals surface area contributed by atoms with Crippen molar-refractivity contribution in [3.63, 3.8) is 0 Å². The molecule has 0 saturated carbocycles.